The molecule has 6 heteroatoms. The van der Waals surface area contributed by atoms with Crippen LogP contribution in [0.4, 0.5) is 0 Å². The minimum Gasteiger partial charge on any atom is -0.339 e. The van der Waals surface area contributed by atoms with Crippen molar-refractivity contribution in [2.24, 2.45) is 5.92 Å². The van der Waals surface area contributed by atoms with E-state index in [4.69, 9.17) is 4.63 Å². The van der Waals surface area contributed by atoms with Crippen molar-refractivity contribution in [1.82, 2.24) is 20.1 Å². The zero-order chi connectivity index (χ0) is 20.4. The Hall–Kier alpha value is -2.73. The maximum atomic E-state index is 12.6. The Morgan fingerprint density at radius 2 is 2.07 bits per heavy atom. The molecule has 0 aliphatic carbocycles. The van der Waals surface area contributed by atoms with E-state index in [9.17, 15) is 4.79 Å². The number of amides is 1. The number of carbonyl (C=O) groups excluding carboxylic acids is 1. The predicted molar refractivity (Wildman–Crippen MR) is 113 cm³/mol. The van der Waals surface area contributed by atoms with Crippen molar-refractivity contribution in [3.05, 3.63) is 59.2 Å². The molecule has 0 saturated carbocycles. The largest absolute Gasteiger partial charge is 0.339 e. The average molecular weight is 393 g/mol. The van der Waals surface area contributed by atoms with E-state index in [0.29, 0.717) is 5.92 Å². The summed E-state index contributed by atoms with van der Waals surface area (Å²) in [5, 5.41) is 7.99. The van der Waals surface area contributed by atoms with E-state index in [2.05, 4.69) is 33.4 Å². The van der Waals surface area contributed by atoms with Crippen molar-refractivity contribution in [1.29, 1.82) is 0 Å². The number of hydrogen-bond acceptors (Lipinski definition) is 5. The number of rotatable bonds is 6. The normalized spacial score (nSPS) is 17.3. The second-order valence-electron chi connectivity index (χ2n) is 8.35. The molecule has 4 rings (SSSR count). The van der Waals surface area contributed by atoms with Gasteiger partial charge in [0, 0.05) is 31.7 Å². The highest BCUT2D eigenvalue weighted by Gasteiger charge is 2.24. The lowest BCUT2D eigenvalue weighted by Crippen LogP contribution is -2.33. The predicted octanol–water partition coefficient (Wildman–Crippen LogP) is 3.77. The Labute approximate surface area is 171 Å². The van der Waals surface area contributed by atoms with Crippen molar-refractivity contribution >= 4 is 16.9 Å². The van der Waals surface area contributed by atoms with E-state index >= 15 is 0 Å². The zero-order valence-corrected chi connectivity index (χ0v) is 17.3. The Morgan fingerprint density at radius 3 is 2.90 bits per heavy atom. The minimum atomic E-state index is 0.0872. The molecule has 1 amide bonds. The summed E-state index contributed by atoms with van der Waals surface area (Å²) in [5.41, 5.74) is 4.85. The third-order valence-electron chi connectivity index (χ3n) is 5.93. The Kier molecular flexibility index (Phi) is 5.62. The fraction of sp³-hybridized carbons (Fsp3) is 0.435. The summed E-state index contributed by atoms with van der Waals surface area (Å²) in [7, 11) is 1.86. The van der Waals surface area contributed by atoms with Crippen LogP contribution in [-0.4, -0.2) is 52.2 Å². The molecule has 1 aliphatic heterocycles. The Morgan fingerprint density at radius 1 is 1.24 bits per heavy atom. The van der Waals surface area contributed by atoms with Gasteiger partial charge in [0.1, 0.15) is 11.0 Å². The molecule has 1 saturated heterocycles. The van der Waals surface area contributed by atoms with Crippen LogP contribution in [0.25, 0.3) is 11.0 Å². The standard InChI is InChI=1S/C23H28N4O2/c1-16(2)26(3)23(28)19-7-4-6-17(13-19)12-18-10-11-27(14-18)15-20-8-5-9-21-22(20)25-29-24-21/h4-9,13,16,18H,10-12,14-15H2,1-3H3. The summed E-state index contributed by atoms with van der Waals surface area (Å²) in [5.74, 6) is 0.682. The van der Waals surface area contributed by atoms with E-state index in [1.165, 1.54) is 5.56 Å². The number of fused-ring (bicyclic) bond motifs is 1. The van der Waals surface area contributed by atoms with Crippen LogP contribution < -0.4 is 0 Å². The monoisotopic (exact) mass is 392 g/mol. The van der Waals surface area contributed by atoms with Gasteiger partial charge in [-0.3, -0.25) is 9.69 Å². The van der Waals surface area contributed by atoms with Gasteiger partial charge in [0.05, 0.1) is 0 Å². The van der Waals surface area contributed by atoms with Crippen LogP contribution >= 0.6 is 0 Å². The Bertz CT molecular complexity index is 997. The second kappa shape index (κ2) is 8.33. The molecule has 1 atom stereocenters. The van der Waals surface area contributed by atoms with Crippen molar-refractivity contribution in [2.45, 2.75) is 39.3 Å². The highest BCUT2D eigenvalue weighted by atomic mass is 16.6. The van der Waals surface area contributed by atoms with Gasteiger partial charge in [0.2, 0.25) is 0 Å². The first kappa shape index (κ1) is 19.6. The topological polar surface area (TPSA) is 62.5 Å². The molecule has 0 N–H and O–H groups in total. The SMILES string of the molecule is CC(C)N(C)C(=O)c1cccc(CC2CCN(Cc3cccc4nonc34)C2)c1. The van der Waals surface area contributed by atoms with E-state index in [1.807, 2.05) is 45.2 Å². The molecule has 2 heterocycles. The van der Waals surface area contributed by atoms with Gasteiger partial charge < -0.3 is 4.90 Å². The van der Waals surface area contributed by atoms with E-state index in [1.54, 1.807) is 4.90 Å². The fourth-order valence-electron chi connectivity index (χ4n) is 4.06. The number of benzene rings is 2. The van der Waals surface area contributed by atoms with E-state index in [-0.39, 0.29) is 11.9 Å². The lowest BCUT2D eigenvalue weighted by molar-refractivity contribution is 0.0755. The molecular weight excluding hydrogens is 364 g/mol. The highest BCUT2D eigenvalue weighted by molar-refractivity contribution is 5.94. The number of hydrogen-bond donors (Lipinski definition) is 0. The van der Waals surface area contributed by atoms with Gasteiger partial charge in [-0.1, -0.05) is 24.3 Å². The quantitative estimate of drug-likeness (QED) is 0.639. The van der Waals surface area contributed by atoms with Gasteiger partial charge in [-0.25, -0.2) is 4.63 Å². The summed E-state index contributed by atoms with van der Waals surface area (Å²) in [6.45, 7) is 7.04. The molecule has 2 aromatic carbocycles. The van der Waals surface area contributed by atoms with Crippen LogP contribution in [0.5, 0.6) is 0 Å². The molecule has 0 radical (unpaired) electrons. The molecule has 0 spiro atoms. The van der Waals surface area contributed by atoms with Gasteiger partial charge >= 0.3 is 0 Å². The van der Waals surface area contributed by atoms with Crippen molar-refractivity contribution in [3.8, 4) is 0 Å². The smallest absolute Gasteiger partial charge is 0.253 e. The first-order valence-electron chi connectivity index (χ1n) is 10.3. The van der Waals surface area contributed by atoms with Crippen LogP contribution in [-0.2, 0) is 13.0 Å². The summed E-state index contributed by atoms with van der Waals surface area (Å²) in [6, 6.07) is 14.3. The molecule has 1 aliphatic rings. The summed E-state index contributed by atoms with van der Waals surface area (Å²) in [4.78, 5) is 16.9. The van der Waals surface area contributed by atoms with E-state index < -0.39 is 0 Å². The number of aromatic nitrogens is 2. The molecule has 6 nitrogen and oxygen atoms in total. The van der Waals surface area contributed by atoms with Crippen LogP contribution in [0.3, 0.4) is 0 Å². The lowest BCUT2D eigenvalue weighted by atomic mass is 9.97. The first-order valence-corrected chi connectivity index (χ1v) is 10.3. The van der Waals surface area contributed by atoms with Gasteiger partial charge in [-0.2, -0.15) is 0 Å². The third kappa shape index (κ3) is 4.32. The molecule has 1 unspecified atom stereocenters. The number of likely N-dealkylation sites (tertiary alicyclic amines) is 1. The summed E-state index contributed by atoms with van der Waals surface area (Å²) < 4.78 is 4.88. The molecule has 0 bridgehead atoms. The van der Waals surface area contributed by atoms with Gasteiger partial charge in [0.15, 0.2) is 0 Å². The van der Waals surface area contributed by atoms with Crippen LogP contribution in [0.1, 0.15) is 41.8 Å². The van der Waals surface area contributed by atoms with Crippen molar-refractivity contribution in [2.75, 3.05) is 20.1 Å². The van der Waals surface area contributed by atoms with Crippen LogP contribution in [0.15, 0.2) is 47.1 Å². The van der Waals surface area contributed by atoms with Crippen molar-refractivity contribution in [3.63, 3.8) is 0 Å². The molecule has 29 heavy (non-hydrogen) atoms. The van der Waals surface area contributed by atoms with Crippen molar-refractivity contribution < 1.29 is 9.42 Å². The average Bonchev–Trinajstić information content (AvgIpc) is 3.37. The third-order valence-corrected chi connectivity index (χ3v) is 5.93. The lowest BCUT2D eigenvalue weighted by Gasteiger charge is -2.22. The number of carbonyl (C=O) groups is 1. The number of nitrogens with zero attached hydrogens (tertiary/aromatic N) is 4. The van der Waals surface area contributed by atoms with Gasteiger partial charge in [-0.05, 0) is 78.8 Å². The molecular formula is C23H28N4O2. The zero-order valence-electron chi connectivity index (χ0n) is 17.3. The molecule has 1 aromatic heterocycles. The fourth-order valence-corrected chi connectivity index (χ4v) is 4.06. The molecule has 3 aromatic rings. The summed E-state index contributed by atoms with van der Waals surface area (Å²) >= 11 is 0. The Balaban J connectivity index is 1.38. The van der Waals surface area contributed by atoms with Crippen LogP contribution in [0, 0.1) is 5.92 Å². The minimum absolute atomic E-state index is 0.0872. The second-order valence-corrected chi connectivity index (χ2v) is 8.35. The highest BCUT2D eigenvalue weighted by Crippen LogP contribution is 2.25. The first-order chi connectivity index (χ1) is 14.0. The van der Waals surface area contributed by atoms with E-state index in [0.717, 1.165) is 54.6 Å². The maximum absolute atomic E-state index is 12.6. The molecule has 1 fully saturated rings. The van der Waals surface area contributed by atoms with Crippen LogP contribution in [0.2, 0.25) is 0 Å². The molecule has 152 valence electrons. The summed E-state index contributed by atoms with van der Waals surface area (Å²) in [6.07, 6.45) is 2.16. The van der Waals surface area contributed by atoms with Gasteiger partial charge in [-0.15, -0.1) is 0 Å². The van der Waals surface area contributed by atoms with Gasteiger partial charge in [0.25, 0.3) is 5.91 Å². The maximum Gasteiger partial charge on any atom is 0.253 e.